The van der Waals surface area contributed by atoms with E-state index < -0.39 is 29.3 Å². The number of morpholine rings is 1. The molecule has 0 aliphatic carbocycles. The molecule has 13 heteroatoms. The zero-order valence-corrected chi connectivity index (χ0v) is 28.8. The Kier molecular flexibility index (Phi) is 12.7. The van der Waals surface area contributed by atoms with E-state index in [-0.39, 0.29) is 38.6 Å². The third-order valence-electron chi connectivity index (χ3n) is 8.87. The fourth-order valence-electron chi connectivity index (χ4n) is 6.29. The summed E-state index contributed by atoms with van der Waals surface area (Å²) in [5, 5.41) is 1.61. The maximum Gasteiger partial charge on any atom is 0.325 e. The first-order valence-electron chi connectivity index (χ1n) is 16.5. The minimum atomic E-state index is -1.06. The van der Waals surface area contributed by atoms with Gasteiger partial charge in [-0.25, -0.2) is 0 Å². The van der Waals surface area contributed by atoms with Crippen molar-refractivity contribution < 1.29 is 28.7 Å². The number of hydrogen-bond acceptors (Lipinski definition) is 7. The number of para-hydroxylation sites is 1. The Bertz CT molecular complexity index is 1560. The van der Waals surface area contributed by atoms with E-state index in [2.05, 4.69) is 9.88 Å². The molecule has 2 saturated heterocycles. The number of benzene rings is 2. The molecule has 258 valence electrons. The lowest BCUT2D eigenvalue weighted by molar-refractivity contribution is -0.159. The summed E-state index contributed by atoms with van der Waals surface area (Å²) >= 11 is 12.8. The highest BCUT2D eigenvalue weighted by molar-refractivity contribution is 6.30. The molecular weight excluding hydrogens is 657 g/mol. The molecule has 1 aromatic heterocycles. The van der Waals surface area contributed by atoms with E-state index >= 15 is 0 Å². The molecule has 3 aromatic rings. The molecule has 2 aliphatic heterocycles. The van der Waals surface area contributed by atoms with Gasteiger partial charge in [0.2, 0.25) is 17.7 Å². The summed E-state index contributed by atoms with van der Waals surface area (Å²) in [6.07, 6.45) is 3.03. The van der Waals surface area contributed by atoms with Crippen molar-refractivity contribution in [1.29, 1.82) is 0 Å². The summed E-state index contributed by atoms with van der Waals surface area (Å²) in [4.78, 5) is 64.3. The van der Waals surface area contributed by atoms with Gasteiger partial charge >= 0.3 is 5.97 Å². The van der Waals surface area contributed by atoms with Crippen molar-refractivity contribution in [2.75, 3.05) is 65.6 Å². The molecule has 0 spiro atoms. The van der Waals surface area contributed by atoms with Crippen molar-refractivity contribution in [3.05, 3.63) is 70.9 Å². The molecule has 3 amide bonds. The lowest BCUT2D eigenvalue weighted by Gasteiger charge is -2.42. The Morgan fingerprint density at radius 1 is 1.08 bits per heavy atom. The van der Waals surface area contributed by atoms with Crippen LogP contribution < -0.4 is 0 Å². The number of carbonyl (C=O) groups excluding carboxylic acids is 4. The minimum Gasteiger partial charge on any atom is -0.465 e. The number of nitrogens with one attached hydrogen (secondary N) is 1. The van der Waals surface area contributed by atoms with E-state index in [1.165, 1.54) is 14.7 Å². The number of ether oxygens (including phenoxy) is 2. The van der Waals surface area contributed by atoms with Gasteiger partial charge in [0.05, 0.1) is 26.2 Å². The van der Waals surface area contributed by atoms with Gasteiger partial charge in [-0.3, -0.25) is 24.1 Å². The van der Waals surface area contributed by atoms with Crippen molar-refractivity contribution in [3.63, 3.8) is 0 Å². The molecule has 48 heavy (non-hydrogen) atoms. The van der Waals surface area contributed by atoms with Crippen LogP contribution in [0.2, 0.25) is 5.02 Å². The summed E-state index contributed by atoms with van der Waals surface area (Å²) in [5.41, 5.74) is 2.02. The Morgan fingerprint density at radius 2 is 1.83 bits per heavy atom. The van der Waals surface area contributed by atoms with Gasteiger partial charge in [-0.05, 0) is 49.1 Å². The second kappa shape index (κ2) is 17.1. The molecule has 2 fully saturated rings. The number of aromatic nitrogens is 1. The number of rotatable bonds is 15. The van der Waals surface area contributed by atoms with Crippen LogP contribution in [0, 0.1) is 0 Å². The second-order valence-corrected chi connectivity index (χ2v) is 13.0. The summed E-state index contributed by atoms with van der Waals surface area (Å²) in [6, 6.07) is 14.0. The Morgan fingerprint density at radius 3 is 2.58 bits per heavy atom. The number of carbonyl (C=O) groups is 4. The monoisotopic (exact) mass is 699 g/mol. The number of alkyl halides is 1. The predicted molar refractivity (Wildman–Crippen MR) is 184 cm³/mol. The smallest absolute Gasteiger partial charge is 0.325 e. The lowest BCUT2D eigenvalue weighted by Crippen LogP contribution is -2.63. The van der Waals surface area contributed by atoms with Crippen molar-refractivity contribution in [2.45, 2.75) is 44.1 Å². The van der Waals surface area contributed by atoms with Crippen molar-refractivity contribution >= 4 is 57.8 Å². The van der Waals surface area contributed by atoms with Crippen LogP contribution in [0.25, 0.3) is 10.9 Å². The van der Waals surface area contributed by atoms with Crippen LogP contribution >= 0.6 is 23.2 Å². The van der Waals surface area contributed by atoms with Crippen LogP contribution in [0.1, 0.15) is 30.9 Å². The van der Waals surface area contributed by atoms with Crippen molar-refractivity contribution in [2.24, 2.45) is 0 Å². The number of nitrogens with zero attached hydrogens (tertiary/aromatic N) is 4. The second-order valence-electron chi connectivity index (χ2n) is 12.1. The lowest BCUT2D eigenvalue weighted by atomic mass is 10.0. The molecule has 0 saturated carbocycles. The number of esters is 1. The van der Waals surface area contributed by atoms with Gasteiger partial charge < -0.3 is 29.2 Å². The van der Waals surface area contributed by atoms with Crippen LogP contribution in [-0.4, -0.2) is 125 Å². The van der Waals surface area contributed by atoms with Gasteiger partial charge in [-0.2, -0.15) is 0 Å². The predicted octanol–water partition coefficient (Wildman–Crippen LogP) is 3.71. The van der Waals surface area contributed by atoms with E-state index in [1.807, 2.05) is 42.6 Å². The van der Waals surface area contributed by atoms with Gasteiger partial charge in [0, 0.05) is 61.3 Å². The third-order valence-corrected chi connectivity index (χ3v) is 9.52. The topological polar surface area (TPSA) is 115 Å². The average molecular weight is 701 g/mol. The quantitative estimate of drug-likeness (QED) is 0.146. The van der Waals surface area contributed by atoms with E-state index in [9.17, 15) is 19.2 Å². The van der Waals surface area contributed by atoms with Crippen LogP contribution in [0.15, 0.2) is 54.7 Å². The fraction of sp³-hybridized carbons (Fsp3) is 0.486. The molecule has 1 N–H and O–H groups in total. The minimum absolute atomic E-state index is 0.176. The normalized spacial score (nSPS) is 17.9. The summed E-state index contributed by atoms with van der Waals surface area (Å²) in [6.45, 7) is 5.64. The summed E-state index contributed by atoms with van der Waals surface area (Å²) in [5.74, 6) is -1.62. The number of fused-ring (bicyclic) bond motifs is 1. The summed E-state index contributed by atoms with van der Waals surface area (Å²) < 4.78 is 10.6. The number of amides is 3. The van der Waals surface area contributed by atoms with E-state index in [0.29, 0.717) is 44.0 Å². The van der Waals surface area contributed by atoms with Crippen molar-refractivity contribution in [3.8, 4) is 0 Å². The van der Waals surface area contributed by atoms with E-state index in [1.54, 1.807) is 19.1 Å². The third kappa shape index (κ3) is 9.28. The number of hydrogen-bond donors (Lipinski definition) is 1. The molecule has 2 aliphatic rings. The van der Waals surface area contributed by atoms with Crippen LogP contribution in [0.5, 0.6) is 0 Å². The van der Waals surface area contributed by atoms with Gasteiger partial charge in [0.25, 0.3) is 0 Å². The van der Waals surface area contributed by atoms with Crippen LogP contribution in [0.4, 0.5) is 0 Å². The van der Waals surface area contributed by atoms with Gasteiger partial charge in [-0.15, -0.1) is 0 Å². The zero-order valence-electron chi connectivity index (χ0n) is 27.2. The van der Waals surface area contributed by atoms with Crippen molar-refractivity contribution in [1.82, 2.24) is 24.6 Å². The number of halogens is 2. The highest BCUT2D eigenvalue weighted by Gasteiger charge is 2.43. The number of aromatic amines is 1. The molecule has 5 rings (SSSR count). The van der Waals surface area contributed by atoms with Crippen LogP contribution in [-0.2, 0) is 41.5 Å². The molecule has 2 aromatic carbocycles. The van der Waals surface area contributed by atoms with Crippen LogP contribution in [0.3, 0.4) is 0 Å². The average Bonchev–Trinajstić information content (AvgIpc) is 3.50. The van der Waals surface area contributed by atoms with Gasteiger partial charge in [-0.1, -0.05) is 53.5 Å². The molecule has 0 bridgehead atoms. The Balaban J connectivity index is 1.33. The standard InChI is InChI=1S/C35H43Cl2N5O6/c1-2-48-34(45)24-40(15-12-26-22-38-29-7-4-3-6-28(26)29)32(43)21-30-35(46)42(31(37)20-25-8-10-27(36)11-9-25)23-33(44)41(30)14-5-13-39-16-18-47-19-17-39/h3-4,6-11,22,30-31,38H,2,5,12-21,23-24H2,1H3. The molecule has 2 unspecified atom stereocenters. The maximum absolute atomic E-state index is 14.1. The SMILES string of the molecule is CCOC(=O)CN(CCc1c[nH]c2ccccc12)C(=O)CC1C(=O)N(C(Cl)Cc2ccc(Cl)cc2)CC(=O)N1CCCN1CCOCC1. The van der Waals surface area contributed by atoms with E-state index in [0.717, 1.165) is 41.7 Å². The molecule has 11 nitrogen and oxygen atoms in total. The summed E-state index contributed by atoms with van der Waals surface area (Å²) in [7, 11) is 0. The fourth-order valence-corrected chi connectivity index (χ4v) is 6.75. The Labute approximate surface area is 291 Å². The largest absolute Gasteiger partial charge is 0.465 e. The van der Waals surface area contributed by atoms with E-state index in [4.69, 9.17) is 32.7 Å². The number of H-pyrrole nitrogens is 1. The Hall–Kier alpha value is -3.64. The highest BCUT2D eigenvalue weighted by atomic mass is 35.5. The van der Waals surface area contributed by atoms with Gasteiger partial charge in [0.1, 0.15) is 24.6 Å². The molecular formula is C35H43Cl2N5O6. The van der Waals surface area contributed by atoms with Gasteiger partial charge in [0.15, 0.2) is 0 Å². The first kappa shape index (κ1) is 35.7. The molecule has 2 atom stereocenters. The first-order chi connectivity index (χ1) is 23.2. The molecule has 0 radical (unpaired) electrons. The molecule has 3 heterocycles. The number of piperazine rings is 1. The highest BCUT2D eigenvalue weighted by Crippen LogP contribution is 2.24. The first-order valence-corrected chi connectivity index (χ1v) is 17.3. The zero-order chi connectivity index (χ0) is 34.0. The maximum atomic E-state index is 14.1.